The maximum atomic E-state index is 13.5. The monoisotopic (exact) mass is 955 g/mol. The van der Waals surface area contributed by atoms with Crippen LogP contribution in [0.2, 0.25) is 0 Å². The summed E-state index contributed by atoms with van der Waals surface area (Å²) in [6.45, 7) is 25.4. The van der Waals surface area contributed by atoms with Gasteiger partial charge in [-0.3, -0.25) is 19.0 Å². The number of rotatable bonds is 14. The Morgan fingerprint density at radius 3 is 1.38 bits per heavy atom. The summed E-state index contributed by atoms with van der Waals surface area (Å²) in [5, 5.41) is 35.7. The molecule has 0 spiro atoms. The second kappa shape index (κ2) is 21.1. The normalized spacial score (nSPS) is 11.8. The van der Waals surface area contributed by atoms with Gasteiger partial charge < -0.3 is 5.11 Å². The van der Waals surface area contributed by atoms with E-state index in [0.717, 1.165) is 97.1 Å². The van der Waals surface area contributed by atoms with E-state index in [2.05, 4.69) is 110 Å². The summed E-state index contributed by atoms with van der Waals surface area (Å²) < 4.78 is 7.17. The minimum Gasteiger partial charge on any atom is -0.392 e. The molecule has 0 amide bonds. The standard InChI is InChI=1S/C31H39N5O.C27H31N5O2/c1-20(2)9-11-23-13-25(17-26(14-23)31(5,6)7)30(37)16-24-12-10-21(3)29(15-24)36-19-28(33-34-36)27-18-32-35(8)22(27)4;1-17-7-8-19(12-26(34)21-9-20(16-33)10-22(13-21)27(3,4)5)11-25(17)32-15-24(29-30-32)23-14-28-31(6)18(23)2/h10,12-15,17-20H,9,11,16H2,1-8H3;7-11,13-15,33H,12,16H2,1-6H3. The summed E-state index contributed by atoms with van der Waals surface area (Å²) in [4.78, 5) is 26.7. The molecular weight excluding hydrogens is 885 g/mol. The van der Waals surface area contributed by atoms with Crippen LogP contribution >= 0.6 is 0 Å². The fraction of sp³-hybridized carbons (Fsp3) is 0.379. The first-order valence-corrected chi connectivity index (χ1v) is 24.5. The molecule has 13 heteroatoms. The molecule has 0 fully saturated rings. The van der Waals surface area contributed by atoms with Crippen molar-refractivity contribution in [3.8, 4) is 33.9 Å². The van der Waals surface area contributed by atoms with E-state index < -0.39 is 0 Å². The van der Waals surface area contributed by atoms with Gasteiger partial charge in [-0.2, -0.15) is 10.2 Å². The summed E-state index contributed by atoms with van der Waals surface area (Å²) in [6.07, 6.45) is 10.1. The maximum Gasteiger partial charge on any atom is 0.167 e. The summed E-state index contributed by atoms with van der Waals surface area (Å²) in [6, 6.07) is 24.2. The number of hydrogen-bond acceptors (Lipinski definition) is 9. The lowest BCUT2D eigenvalue weighted by atomic mass is 9.83. The minimum absolute atomic E-state index is 0.0147. The van der Waals surface area contributed by atoms with Gasteiger partial charge in [-0.15, -0.1) is 10.2 Å². The molecule has 71 heavy (non-hydrogen) atoms. The molecule has 4 aromatic heterocycles. The molecule has 0 saturated heterocycles. The van der Waals surface area contributed by atoms with Gasteiger partial charge in [0.2, 0.25) is 0 Å². The summed E-state index contributed by atoms with van der Waals surface area (Å²) >= 11 is 0. The van der Waals surface area contributed by atoms with E-state index in [-0.39, 0.29) is 35.4 Å². The number of nitrogens with zero attached hydrogens (tertiary/aromatic N) is 10. The Morgan fingerprint density at radius 1 is 0.577 bits per heavy atom. The number of aliphatic hydroxyl groups excluding tert-OH is 1. The van der Waals surface area contributed by atoms with Crippen molar-refractivity contribution in [2.24, 2.45) is 20.0 Å². The van der Waals surface area contributed by atoms with Crippen LogP contribution < -0.4 is 0 Å². The minimum atomic E-state index is -0.116. The molecular formula is C58H70N10O3. The van der Waals surface area contributed by atoms with Crippen LogP contribution in [-0.2, 0) is 50.8 Å². The summed E-state index contributed by atoms with van der Waals surface area (Å²) in [7, 11) is 3.81. The molecule has 1 N–H and O–H groups in total. The smallest absolute Gasteiger partial charge is 0.167 e. The number of carbonyl (C=O) groups excluding carboxylic acids is 2. The van der Waals surface area contributed by atoms with E-state index in [1.807, 2.05) is 112 Å². The highest BCUT2D eigenvalue weighted by Crippen LogP contribution is 2.30. The molecule has 0 atom stereocenters. The molecule has 8 aromatic rings. The van der Waals surface area contributed by atoms with Crippen molar-refractivity contribution in [2.45, 2.75) is 126 Å². The van der Waals surface area contributed by atoms with Gasteiger partial charge >= 0.3 is 0 Å². The van der Waals surface area contributed by atoms with E-state index in [4.69, 9.17) is 0 Å². The second-order valence-electron chi connectivity index (χ2n) is 21.5. The predicted molar refractivity (Wildman–Crippen MR) is 282 cm³/mol. The Bertz CT molecular complexity index is 3200. The van der Waals surface area contributed by atoms with E-state index >= 15 is 0 Å². The van der Waals surface area contributed by atoms with Crippen molar-refractivity contribution < 1.29 is 14.7 Å². The van der Waals surface area contributed by atoms with Crippen molar-refractivity contribution in [3.05, 3.63) is 165 Å². The van der Waals surface area contributed by atoms with Gasteiger partial charge in [0.05, 0.1) is 42.8 Å². The number of Topliss-reactive ketones (excluding diaryl/α,β-unsaturated/α-hetero) is 2. The molecule has 0 aliphatic rings. The molecule has 370 valence electrons. The molecule has 13 nitrogen and oxygen atoms in total. The van der Waals surface area contributed by atoms with Crippen LogP contribution in [0.1, 0.15) is 138 Å². The Hall–Kier alpha value is -7.12. The average molecular weight is 955 g/mol. The molecule has 0 unspecified atom stereocenters. The Kier molecular flexibility index (Phi) is 15.4. The zero-order valence-corrected chi connectivity index (χ0v) is 44.1. The van der Waals surface area contributed by atoms with Crippen molar-refractivity contribution in [1.29, 1.82) is 0 Å². The maximum absolute atomic E-state index is 13.5. The fourth-order valence-corrected chi connectivity index (χ4v) is 8.37. The predicted octanol–water partition coefficient (Wildman–Crippen LogP) is 11.1. The largest absolute Gasteiger partial charge is 0.392 e. The second-order valence-corrected chi connectivity index (χ2v) is 21.5. The van der Waals surface area contributed by atoms with Gasteiger partial charge in [0, 0.05) is 60.6 Å². The highest BCUT2D eigenvalue weighted by molar-refractivity contribution is 5.98. The van der Waals surface area contributed by atoms with Crippen LogP contribution in [0.15, 0.2) is 97.6 Å². The van der Waals surface area contributed by atoms with Crippen LogP contribution in [0.4, 0.5) is 0 Å². The third kappa shape index (κ3) is 12.3. The third-order valence-electron chi connectivity index (χ3n) is 13.3. The van der Waals surface area contributed by atoms with Crippen LogP contribution in [0.5, 0.6) is 0 Å². The van der Waals surface area contributed by atoms with E-state index in [0.29, 0.717) is 17.9 Å². The lowest BCUT2D eigenvalue weighted by Crippen LogP contribution is -2.14. The molecule has 0 aliphatic carbocycles. The number of aromatic nitrogens is 10. The molecule has 0 bridgehead atoms. The number of benzene rings is 4. The summed E-state index contributed by atoms with van der Waals surface area (Å²) in [5.74, 6) is 0.778. The number of aryl methyl sites for hydroxylation is 5. The average Bonchev–Trinajstić information content (AvgIpc) is 4.15. The lowest BCUT2D eigenvalue weighted by Gasteiger charge is -2.21. The number of hydrogen-bond donors (Lipinski definition) is 1. The first-order valence-electron chi connectivity index (χ1n) is 24.5. The molecule has 0 saturated carbocycles. The fourth-order valence-electron chi connectivity index (χ4n) is 8.37. The van der Waals surface area contributed by atoms with E-state index in [9.17, 15) is 14.7 Å². The van der Waals surface area contributed by atoms with Gasteiger partial charge in [-0.05, 0) is 138 Å². The first-order chi connectivity index (χ1) is 33.5. The zero-order chi connectivity index (χ0) is 51.5. The highest BCUT2D eigenvalue weighted by atomic mass is 16.3. The number of ketones is 2. The Labute approximate surface area is 419 Å². The number of aliphatic hydroxyl groups is 1. The van der Waals surface area contributed by atoms with Gasteiger partial charge in [0.25, 0.3) is 0 Å². The number of carbonyl (C=O) groups is 2. The molecule has 4 heterocycles. The van der Waals surface area contributed by atoms with Crippen molar-refractivity contribution >= 4 is 11.6 Å². The van der Waals surface area contributed by atoms with E-state index in [1.54, 1.807) is 21.6 Å². The van der Waals surface area contributed by atoms with Crippen LogP contribution in [-0.4, -0.2) is 66.2 Å². The SMILES string of the molecule is Cc1ccc(CC(=O)c2cc(CCC(C)C)cc(C(C)(C)C)c2)cc1-n1cc(-c2cnn(C)c2C)nn1.Cc1ccc(CC(=O)c2cc(CO)cc(C(C)(C)C)c2)cc1-n1cc(-c2cnn(C)c2C)nn1. The van der Waals surface area contributed by atoms with Gasteiger partial charge in [-0.25, -0.2) is 9.36 Å². The van der Waals surface area contributed by atoms with Gasteiger partial charge in [0.15, 0.2) is 11.6 Å². The first kappa shape index (κ1) is 51.7. The van der Waals surface area contributed by atoms with Crippen molar-refractivity contribution in [3.63, 3.8) is 0 Å². The zero-order valence-electron chi connectivity index (χ0n) is 44.1. The molecule has 4 aromatic carbocycles. The third-order valence-corrected chi connectivity index (χ3v) is 13.3. The molecule has 8 rings (SSSR count). The van der Waals surface area contributed by atoms with Crippen molar-refractivity contribution in [1.82, 2.24) is 49.5 Å². The Morgan fingerprint density at radius 2 is 1.00 bits per heavy atom. The van der Waals surface area contributed by atoms with Gasteiger partial charge in [0.1, 0.15) is 11.4 Å². The quantitative estimate of drug-likeness (QED) is 0.105. The highest BCUT2D eigenvalue weighted by Gasteiger charge is 2.21. The Balaban J connectivity index is 0.000000209. The topological polar surface area (TPSA) is 151 Å². The molecule has 0 aliphatic heterocycles. The lowest BCUT2D eigenvalue weighted by molar-refractivity contribution is 0.0984. The van der Waals surface area contributed by atoms with Gasteiger partial charge in [-0.1, -0.05) is 102 Å². The van der Waals surface area contributed by atoms with Crippen LogP contribution in [0.25, 0.3) is 33.9 Å². The van der Waals surface area contributed by atoms with Crippen LogP contribution in [0, 0.1) is 33.6 Å². The summed E-state index contributed by atoms with van der Waals surface area (Å²) in [5.41, 5.74) is 16.8. The van der Waals surface area contributed by atoms with Crippen LogP contribution in [0.3, 0.4) is 0 Å². The molecule has 0 radical (unpaired) electrons. The van der Waals surface area contributed by atoms with Crippen molar-refractivity contribution in [2.75, 3.05) is 0 Å². The van der Waals surface area contributed by atoms with E-state index in [1.165, 1.54) is 11.1 Å².